The Morgan fingerprint density at radius 1 is 1.25 bits per heavy atom. The third-order valence-electron chi connectivity index (χ3n) is 3.34. The van der Waals surface area contributed by atoms with Gasteiger partial charge in [0, 0.05) is 6.54 Å². The largest absolute Gasteiger partial charge is 0.215 e. The van der Waals surface area contributed by atoms with Crippen LogP contribution in [0.3, 0.4) is 0 Å². The third-order valence-corrected chi connectivity index (χ3v) is 4.70. The summed E-state index contributed by atoms with van der Waals surface area (Å²) < 4.78 is 26.5. The van der Waals surface area contributed by atoms with Crippen molar-refractivity contribution in [1.29, 1.82) is 5.26 Å². The van der Waals surface area contributed by atoms with E-state index in [4.69, 9.17) is 5.26 Å². The zero-order valence-corrected chi connectivity index (χ0v) is 12.1. The van der Waals surface area contributed by atoms with Crippen molar-refractivity contribution >= 4 is 10.0 Å². The van der Waals surface area contributed by atoms with Gasteiger partial charge in [-0.05, 0) is 43.4 Å². The number of nitriles is 1. The van der Waals surface area contributed by atoms with Crippen LogP contribution in [0, 0.1) is 11.3 Å². The van der Waals surface area contributed by atoms with E-state index < -0.39 is 10.0 Å². The van der Waals surface area contributed by atoms with Gasteiger partial charge in [0.1, 0.15) is 0 Å². The number of nitrogens with zero attached hydrogens (tertiary/aromatic N) is 1. The maximum absolute atomic E-state index is 11.9. The second-order valence-corrected chi connectivity index (χ2v) is 6.77. The normalized spacial score (nSPS) is 14.8. The van der Waals surface area contributed by atoms with Gasteiger partial charge in [0.15, 0.2) is 0 Å². The molecule has 1 aromatic rings. The molecule has 0 radical (unpaired) electrons. The van der Waals surface area contributed by atoms with E-state index in [1.807, 2.05) is 6.07 Å². The highest BCUT2D eigenvalue weighted by atomic mass is 32.2. The van der Waals surface area contributed by atoms with Crippen LogP contribution >= 0.6 is 0 Å². The fourth-order valence-corrected chi connectivity index (χ4v) is 3.42. The molecule has 1 N–H and O–H groups in total. The van der Waals surface area contributed by atoms with E-state index in [0.29, 0.717) is 17.7 Å². The number of hydrogen-bond acceptors (Lipinski definition) is 3. The zero-order valence-electron chi connectivity index (χ0n) is 11.3. The molecule has 0 aliphatic heterocycles. The van der Waals surface area contributed by atoms with Crippen LogP contribution in [-0.4, -0.2) is 15.0 Å². The van der Waals surface area contributed by atoms with Crippen molar-refractivity contribution in [2.45, 2.75) is 31.4 Å². The highest BCUT2D eigenvalue weighted by molar-refractivity contribution is 7.88. The van der Waals surface area contributed by atoms with Crippen LogP contribution in [0.2, 0.25) is 0 Å². The SMILES string of the molecule is N#Cc1ccc(CS(=O)(=O)NCCC2=CCCC2)cc1. The standard InChI is InChI=1S/C15H18N2O2S/c16-11-14-5-7-15(8-6-14)12-20(18,19)17-10-9-13-3-1-2-4-13/h3,5-8,17H,1-2,4,9-10,12H2. The predicted octanol–water partition coefficient (Wildman–Crippen LogP) is 2.48. The lowest BCUT2D eigenvalue weighted by molar-refractivity contribution is 0.580. The van der Waals surface area contributed by atoms with E-state index in [1.165, 1.54) is 12.0 Å². The summed E-state index contributed by atoms with van der Waals surface area (Å²) >= 11 is 0. The molecule has 0 aromatic heterocycles. The molecule has 1 aliphatic rings. The minimum atomic E-state index is -3.31. The van der Waals surface area contributed by atoms with Crippen molar-refractivity contribution in [1.82, 2.24) is 4.72 Å². The van der Waals surface area contributed by atoms with Crippen molar-refractivity contribution < 1.29 is 8.42 Å². The first-order valence-electron chi connectivity index (χ1n) is 6.73. The van der Waals surface area contributed by atoms with Gasteiger partial charge >= 0.3 is 0 Å². The smallest absolute Gasteiger partial charge is 0.215 e. The summed E-state index contributed by atoms with van der Waals surface area (Å²) in [6, 6.07) is 8.63. The van der Waals surface area contributed by atoms with Gasteiger partial charge in [-0.2, -0.15) is 5.26 Å². The van der Waals surface area contributed by atoms with Gasteiger partial charge in [0.2, 0.25) is 10.0 Å². The summed E-state index contributed by atoms with van der Waals surface area (Å²) in [6.07, 6.45) is 6.40. The third kappa shape index (κ3) is 4.48. The lowest BCUT2D eigenvalue weighted by Gasteiger charge is -2.07. The Balaban J connectivity index is 1.85. The van der Waals surface area contributed by atoms with Gasteiger partial charge in [-0.25, -0.2) is 13.1 Å². The Labute approximate surface area is 120 Å². The lowest BCUT2D eigenvalue weighted by atomic mass is 10.2. The van der Waals surface area contributed by atoms with Crippen molar-refractivity contribution in [3.05, 3.63) is 47.0 Å². The molecule has 0 fully saturated rings. The highest BCUT2D eigenvalue weighted by Gasteiger charge is 2.12. The van der Waals surface area contributed by atoms with Crippen LogP contribution in [0.1, 0.15) is 36.8 Å². The first-order valence-corrected chi connectivity index (χ1v) is 8.38. The quantitative estimate of drug-likeness (QED) is 0.818. The molecule has 1 aromatic carbocycles. The van der Waals surface area contributed by atoms with Gasteiger partial charge in [0.25, 0.3) is 0 Å². The minimum Gasteiger partial charge on any atom is -0.215 e. The van der Waals surface area contributed by atoms with Crippen LogP contribution in [0.25, 0.3) is 0 Å². The molecule has 0 spiro atoms. The van der Waals surface area contributed by atoms with Gasteiger partial charge in [-0.15, -0.1) is 0 Å². The highest BCUT2D eigenvalue weighted by Crippen LogP contribution is 2.19. The molecule has 0 saturated heterocycles. The van der Waals surface area contributed by atoms with Gasteiger partial charge in [0.05, 0.1) is 17.4 Å². The Bertz CT molecular complexity index is 625. The van der Waals surface area contributed by atoms with Gasteiger partial charge < -0.3 is 0 Å². The van der Waals surface area contributed by atoms with Gasteiger partial charge in [-0.1, -0.05) is 23.8 Å². The Kier molecular flexibility index (Phi) is 4.94. The van der Waals surface area contributed by atoms with Crippen molar-refractivity contribution in [3.63, 3.8) is 0 Å². The molecule has 106 valence electrons. The molecule has 1 aliphatic carbocycles. The second-order valence-electron chi connectivity index (χ2n) is 4.97. The van der Waals surface area contributed by atoms with Crippen LogP contribution in [0.15, 0.2) is 35.9 Å². The first kappa shape index (κ1) is 14.8. The molecular weight excluding hydrogens is 272 g/mol. The molecular formula is C15H18N2O2S. The van der Waals surface area contributed by atoms with E-state index in [2.05, 4.69) is 10.8 Å². The number of sulfonamides is 1. The Morgan fingerprint density at radius 3 is 2.60 bits per heavy atom. The number of nitrogens with one attached hydrogen (secondary N) is 1. The van der Waals surface area contributed by atoms with Crippen molar-refractivity contribution in [2.24, 2.45) is 0 Å². The van der Waals surface area contributed by atoms with Crippen LogP contribution in [-0.2, 0) is 15.8 Å². The number of benzene rings is 1. The number of hydrogen-bond donors (Lipinski definition) is 1. The minimum absolute atomic E-state index is 0.0439. The van der Waals surface area contributed by atoms with Gasteiger partial charge in [-0.3, -0.25) is 0 Å². The monoisotopic (exact) mass is 290 g/mol. The lowest BCUT2D eigenvalue weighted by Crippen LogP contribution is -2.26. The van der Waals surface area contributed by atoms with E-state index in [0.717, 1.165) is 19.3 Å². The molecule has 0 bridgehead atoms. The summed E-state index contributed by atoms with van der Waals surface area (Å²) in [5.74, 6) is -0.0439. The maximum Gasteiger partial charge on any atom is 0.215 e. The summed E-state index contributed by atoms with van der Waals surface area (Å²) in [4.78, 5) is 0. The summed E-state index contributed by atoms with van der Waals surface area (Å²) in [6.45, 7) is 0.463. The zero-order chi connectivity index (χ0) is 14.4. The predicted molar refractivity (Wildman–Crippen MR) is 78.3 cm³/mol. The maximum atomic E-state index is 11.9. The molecule has 4 nitrogen and oxygen atoms in total. The average Bonchev–Trinajstić information content (AvgIpc) is 2.92. The average molecular weight is 290 g/mol. The van der Waals surface area contributed by atoms with E-state index in [1.54, 1.807) is 24.3 Å². The summed E-state index contributed by atoms with van der Waals surface area (Å²) in [5, 5.41) is 8.70. The van der Waals surface area contributed by atoms with Crippen molar-refractivity contribution in [3.8, 4) is 6.07 Å². The molecule has 0 heterocycles. The molecule has 5 heteroatoms. The fraction of sp³-hybridized carbons (Fsp3) is 0.400. The van der Waals surface area contributed by atoms with Crippen LogP contribution < -0.4 is 4.72 Å². The molecule has 0 unspecified atom stereocenters. The molecule has 20 heavy (non-hydrogen) atoms. The topological polar surface area (TPSA) is 70.0 Å². The van der Waals surface area contributed by atoms with Crippen molar-refractivity contribution in [2.75, 3.05) is 6.54 Å². The van der Waals surface area contributed by atoms with Crippen LogP contribution in [0.4, 0.5) is 0 Å². The first-order chi connectivity index (χ1) is 9.59. The molecule has 0 saturated carbocycles. The number of rotatable bonds is 6. The van der Waals surface area contributed by atoms with Crippen LogP contribution in [0.5, 0.6) is 0 Å². The fourth-order valence-electron chi connectivity index (χ4n) is 2.28. The van der Waals surface area contributed by atoms with E-state index in [-0.39, 0.29) is 5.75 Å². The van der Waals surface area contributed by atoms with E-state index in [9.17, 15) is 8.42 Å². The molecule has 2 rings (SSSR count). The number of allylic oxidation sites excluding steroid dienone is 1. The molecule has 0 atom stereocenters. The molecule has 0 amide bonds. The van der Waals surface area contributed by atoms with E-state index >= 15 is 0 Å². The Hall–Kier alpha value is -1.64. The Morgan fingerprint density at radius 2 is 2.00 bits per heavy atom. The summed E-state index contributed by atoms with van der Waals surface area (Å²) in [7, 11) is -3.31. The second kappa shape index (κ2) is 6.69. The summed E-state index contributed by atoms with van der Waals surface area (Å²) in [5.41, 5.74) is 2.58.